The average molecular weight is 445 g/mol. The maximum absolute atomic E-state index is 2.55. The Kier molecular flexibility index (Phi) is 4.53. The van der Waals surface area contributed by atoms with Gasteiger partial charge in [-0.15, -0.1) is 0 Å². The summed E-state index contributed by atoms with van der Waals surface area (Å²) in [5.74, 6) is 1.22. The average Bonchev–Trinajstić information content (AvgIpc) is 3.29. The first-order chi connectivity index (χ1) is 16.4. The Morgan fingerprint density at radius 1 is 0.529 bits per heavy atom. The van der Waals surface area contributed by atoms with Crippen molar-refractivity contribution in [2.75, 3.05) is 14.4 Å². The Bertz CT molecular complexity index is 1310. The Hall–Kier alpha value is -3.73. The summed E-state index contributed by atoms with van der Waals surface area (Å²) in [7, 11) is 2.13. The lowest BCUT2D eigenvalue weighted by Crippen LogP contribution is -2.53. The molecular formula is C29H30BN4+. The van der Waals surface area contributed by atoms with Gasteiger partial charge >= 0.3 is 7.12 Å². The van der Waals surface area contributed by atoms with E-state index in [2.05, 4.69) is 134 Å². The fourth-order valence-electron chi connectivity index (χ4n) is 5.99. The molecule has 1 aromatic heterocycles. The maximum atomic E-state index is 2.55. The first-order valence-corrected chi connectivity index (χ1v) is 12.0. The number of hydrogen-bond donors (Lipinski definition) is 0. The van der Waals surface area contributed by atoms with Gasteiger partial charge in [-0.3, -0.25) is 0 Å². The quantitative estimate of drug-likeness (QED) is 0.259. The lowest BCUT2D eigenvalue weighted by Gasteiger charge is -2.31. The van der Waals surface area contributed by atoms with E-state index < -0.39 is 0 Å². The van der Waals surface area contributed by atoms with Gasteiger partial charge in [-0.05, 0) is 80.6 Å². The Labute approximate surface area is 202 Å². The Morgan fingerprint density at radius 3 is 1.53 bits per heavy atom. The zero-order valence-electron chi connectivity index (χ0n) is 20.8. The van der Waals surface area contributed by atoms with E-state index in [9.17, 15) is 0 Å². The van der Waals surface area contributed by atoms with E-state index in [1.807, 2.05) is 0 Å². The topological polar surface area (TPSA) is 13.6 Å². The molecule has 0 N–H and O–H groups in total. The van der Waals surface area contributed by atoms with Crippen LogP contribution < -0.4 is 19.0 Å². The predicted octanol–water partition coefficient (Wildman–Crippen LogP) is 6.48. The van der Waals surface area contributed by atoms with Crippen LogP contribution in [-0.4, -0.2) is 7.12 Å². The van der Waals surface area contributed by atoms with Gasteiger partial charge in [-0.25, -0.2) is 9.38 Å². The van der Waals surface area contributed by atoms with Crippen molar-refractivity contribution in [3.05, 3.63) is 101 Å². The van der Waals surface area contributed by atoms with Crippen LogP contribution in [0.4, 0.5) is 34.3 Å². The van der Waals surface area contributed by atoms with E-state index in [0.29, 0.717) is 0 Å². The molecule has 0 unspecified atom stereocenters. The lowest BCUT2D eigenvalue weighted by molar-refractivity contribution is -0.657. The second-order valence-electron chi connectivity index (χ2n) is 9.71. The SMILES string of the molecule is Cc1cccc(C)c1N1B2N(c3c(C)cccc3C)c3ccc[n+](C)c3N2c2c(C)cccc21. The molecule has 3 aromatic carbocycles. The first-order valence-electron chi connectivity index (χ1n) is 12.0. The molecule has 0 spiro atoms. The summed E-state index contributed by atoms with van der Waals surface area (Å²) in [6.45, 7) is 11.1. The molecule has 0 aliphatic carbocycles. The van der Waals surface area contributed by atoms with Crippen molar-refractivity contribution in [3.63, 3.8) is 0 Å². The number of nitrogens with zero attached hydrogens (tertiary/aromatic N) is 4. The van der Waals surface area contributed by atoms with Crippen LogP contribution in [0.3, 0.4) is 0 Å². The summed E-state index contributed by atoms with van der Waals surface area (Å²) < 4.78 is 2.26. The van der Waals surface area contributed by atoms with Crippen molar-refractivity contribution >= 4 is 41.4 Å². The number of rotatable bonds is 2. The molecule has 4 nitrogen and oxygen atoms in total. The van der Waals surface area contributed by atoms with E-state index in [1.165, 1.54) is 62.1 Å². The van der Waals surface area contributed by atoms with Gasteiger partial charge in [-0.1, -0.05) is 48.5 Å². The minimum Gasteiger partial charge on any atom is -0.318 e. The van der Waals surface area contributed by atoms with E-state index in [-0.39, 0.29) is 7.12 Å². The summed E-state index contributed by atoms with van der Waals surface area (Å²) >= 11 is 0. The highest BCUT2D eigenvalue weighted by Gasteiger charge is 2.62. The third kappa shape index (κ3) is 2.70. The van der Waals surface area contributed by atoms with Crippen LogP contribution in [0.1, 0.15) is 27.8 Å². The molecule has 34 heavy (non-hydrogen) atoms. The van der Waals surface area contributed by atoms with Gasteiger partial charge in [0.1, 0.15) is 11.4 Å². The van der Waals surface area contributed by atoms with Crippen molar-refractivity contribution in [1.82, 2.24) is 0 Å². The van der Waals surface area contributed by atoms with Gasteiger partial charge in [-0.2, -0.15) is 0 Å². The van der Waals surface area contributed by atoms with Gasteiger partial charge in [0.2, 0.25) is 0 Å². The third-order valence-electron chi connectivity index (χ3n) is 7.39. The summed E-state index contributed by atoms with van der Waals surface area (Å²) in [6, 6.07) is 24.3. The van der Waals surface area contributed by atoms with Crippen molar-refractivity contribution in [3.8, 4) is 0 Å². The maximum Gasteiger partial charge on any atom is 0.644 e. The molecule has 0 saturated carbocycles. The predicted molar refractivity (Wildman–Crippen MR) is 143 cm³/mol. The Morgan fingerprint density at radius 2 is 0.971 bits per heavy atom. The van der Waals surface area contributed by atoms with Crippen molar-refractivity contribution in [2.45, 2.75) is 34.6 Å². The second kappa shape index (κ2) is 7.39. The molecule has 3 heterocycles. The van der Waals surface area contributed by atoms with E-state index >= 15 is 0 Å². The van der Waals surface area contributed by atoms with Crippen molar-refractivity contribution in [2.24, 2.45) is 7.05 Å². The van der Waals surface area contributed by atoms with E-state index in [4.69, 9.17) is 0 Å². The summed E-state index contributed by atoms with van der Waals surface area (Å²) in [4.78, 5) is 7.64. The van der Waals surface area contributed by atoms with Crippen LogP contribution in [0.2, 0.25) is 0 Å². The summed E-state index contributed by atoms with van der Waals surface area (Å²) in [5, 5.41) is 0. The molecule has 0 fully saturated rings. The minimum absolute atomic E-state index is 0.0284. The van der Waals surface area contributed by atoms with Crippen LogP contribution in [0.5, 0.6) is 0 Å². The normalized spacial score (nSPS) is 13.9. The zero-order chi connectivity index (χ0) is 23.7. The third-order valence-corrected chi connectivity index (χ3v) is 7.39. The molecule has 0 radical (unpaired) electrons. The molecule has 5 heteroatoms. The number of anilines is 6. The van der Waals surface area contributed by atoms with Gasteiger partial charge in [0.05, 0.1) is 18.9 Å². The van der Waals surface area contributed by atoms with Gasteiger partial charge in [0.25, 0.3) is 5.82 Å². The first kappa shape index (κ1) is 20.9. The molecule has 0 atom stereocenters. The number of pyridine rings is 1. The molecular weight excluding hydrogens is 415 g/mol. The van der Waals surface area contributed by atoms with Crippen LogP contribution in [0.25, 0.3) is 0 Å². The van der Waals surface area contributed by atoms with Crippen molar-refractivity contribution < 1.29 is 4.57 Å². The fraction of sp³-hybridized carbons (Fsp3) is 0.207. The Balaban J connectivity index is 1.73. The number of benzene rings is 3. The molecule has 0 bridgehead atoms. The summed E-state index contributed by atoms with van der Waals surface area (Å²) in [6.07, 6.45) is 2.16. The number of aryl methyl sites for hydroxylation is 6. The lowest BCUT2D eigenvalue weighted by atomic mass is 9.83. The van der Waals surface area contributed by atoms with Gasteiger partial charge < -0.3 is 9.62 Å². The molecule has 2 aliphatic rings. The fourth-order valence-corrected chi connectivity index (χ4v) is 5.99. The molecule has 168 valence electrons. The molecule has 2 aliphatic heterocycles. The van der Waals surface area contributed by atoms with Crippen LogP contribution in [-0.2, 0) is 7.05 Å². The molecule has 0 saturated heterocycles. The number of fused-ring (bicyclic) bond motifs is 5. The van der Waals surface area contributed by atoms with E-state index in [0.717, 1.165) is 0 Å². The van der Waals surface area contributed by atoms with Crippen LogP contribution >= 0.6 is 0 Å². The molecule has 6 rings (SSSR count). The number of hydrogen-bond acceptors (Lipinski definition) is 3. The smallest absolute Gasteiger partial charge is 0.318 e. The molecule has 4 aromatic rings. The zero-order valence-corrected chi connectivity index (χ0v) is 20.8. The van der Waals surface area contributed by atoms with Crippen LogP contribution in [0.15, 0.2) is 72.9 Å². The van der Waals surface area contributed by atoms with E-state index in [1.54, 1.807) is 0 Å². The van der Waals surface area contributed by atoms with Crippen molar-refractivity contribution in [1.29, 1.82) is 0 Å². The highest BCUT2D eigenvalue weighted by Crippen LogP contribution is 2.56. The van der Waals surface area contributed by atoms with Gasteiger partial charge in [0.15, 0.2) is 0 Å². The van der Waals surface area contributed by atoms with Crippen LogP contribution in [0, 0.1) is 34.6 Å². The second-order valence-corrected chi connectivity index (χ2v) is 9.71. The largest absolute Gasteiger partial charge is 0.644 e. The van der Waals surface area contributed by atoms with Gasteiger partial charge in [0, 0.05) is 11.4 Å². The highest BCUT2D eigenvalue weighted by atomic mass is 15.5. The molecule has 0 amide bonds. The number of para-hydroxylation sites is 3. The standard InChI is InChI=1S/C29H30BN4/c1-19-11-7-12-20(2)26(19)32-24-16-9-15-23(5)28(24)34-29-25(17-10-18-31(29)6)33(30(32)34)27-21(3)13-8-14-22(27)4/h7-18H,1-6H3/q+1. The summed E-state index contributed by atoms with van der Waals surface area (Å²) in [5.41, 5.74) is 12.8. The minimum atomic E-state index is -0.0284. The highest BCUT2D eigenvalue weighted by molar-refractivity contribution is 6.80. The number of aromatic nitrogens is 1. The monoisotopic (exact) mass is 445 g/mol.